The summed E-state index contributed by atoms with van der Waals surface area (Å²) in [6, 6.07) is 25.0. The molecule has 1 aliphatic rings. The maximum absolute atomic E-state index is 14.1. The molecule has 4 N–H and O–H groups in total. The van der Waals surface area contributed by atoms with Crippen molar-refractivity contribution in [3.63, 3.8) is 0 Å². The molecule has 0 bridgehead atoms. The molecule has 0 radical (unpaired) electrons. The molecule has 3 aromatic carbocycles. The van der Waals surface area contributed by atoms with E-state index in [-0.39, 0.29) is 30.5 Å². The lowest BCUT2D eigenvalue weighted by molar-refractivity contribution is -0.435. The van der Waals surface area contributed by atoms with Crippen molar-refractivity contribution in [1.82, 2.24) is 0 Å². The number of anilines is 1. The number of halogens is 1. The number of carbonyl (C=O) groups excluding carboxylic acids is 1. The van der Waals surface area contributed by atoms with Gasteiger partial charge in [0.05, 0.1) is 24.2 Å². The van der Waals surface area contributed by atoms with Gasteiger partial charge in [0.2, 0.25) is 11.6 Å². The van der Waals surface area contributed by atoms with Crippen LogP contribution in [0.5, 0.6) is 0 Å². The van der Waals surface area contributed by atoms with E-state index in [0.717, 1.165) is 28.1 Å². The number of carboxylic acid groups (broad SMARTS) is 1. The van der Waals surface area contributed by atoms with Gasteiger partial charge >= 0.3 is 5.97 Å². The van der Waals surface area contributed by atoms with Crippen LogP contribution in [0.1, 0.15) is 44.2 Å². The van der Waals surface area contributed by atoms with Gasteiger partial charge in [0.1, 0.15) is 5.82 Å². The summed E-state index contributed by atoms with van der Waals surface area (Å²) in [5.74, 6) is -2.48. The number of aliphatic carboxylic acids is 1. The van der Waals surface area contributed by atoms with E-state index in [4.69, 9.17) is 5.11 Å². The minimum Gasteiger partial charge on any atom is -0.481 e. The second-order valence-corrected chi connectivity index (χ2v) is 10.6. The van der Waals surface area contributed by atoms with E-state index in [1.54, 1.807) is 12.1 Å². The molecule has 1 amide bonds. The van der Waals surface area contributed by atoms with Gasteiger partial charge in [-0.3, -0.25) is 9.59 Å². The molecule has 1 unspecified atom stereocenters. The molecule has 8 heteroatoms. The van der Waals surface area contributed by atoms with Gasteiger partial charge in [-0.2, -0.15) is 4.58 Å². The highest BCUT2D eigenvalue weighted by atomic mass is 19.1. The van der Waals surface area contributed by atoms with Gasteiger partial charge in [-0.15, -0.1) is 0 Å². The first kappa shape index (κ1) is 29.8. The molecule has 0 saturated carbocycles. The minimum absolute atomic E-state index is 0.0760. The van der Waals surface area contributed by atoms with E-state index < -0.39 is 30.5 Å². The van der Waals surface area contributed by atoms with E-state index in [2.05, 4.69) is 5.32 Å². The van der Waals surface area contributed by atoms with Crippen LogP contribution in [0.2, 0.25) is 0 Å². The van der Waals surface area contributed by atoms with Crippen LogP contribution in [-0.4, -0.2) is 56.2 Å². The van der Waals surface area contributed by atoms with Gasteiger partial charge in [-0.1, -0.05) is 62.4 Å². The maximum atomic E-state index is 14.1. The molecule has 1 aliphatic heterocycles. The molecule has 41 heavy (non-hydrogen) atoms. The van der Waals surface area contributed by atoms with Gasteiger partial charge in [0.25, 0.3) is 0 Å². The number of amides is 1. The van der Waals surface area contributed by atoms with Crippen LogP contribution in [0, 0.1) is 17.7 Å². The lowest BCUT2D eigenvalue weighted by Crippen LogP contribution is -2.35. The van der Waals surface area contributed by atoms with E-state index in [9.17, 15) is 24.2 Å². The molecule has 0 aromatic heterocycles. The van der Waals surface area contributed by atoms with Crippen LogP contribution in [0.15, 0.2) is 84.9 Å². The summed E-state index contributed by atoms with van der Waals surface area (Å²) in [5, 5.41) is 32.8. The second kappa shape index (κ2) is 13.5. The lowest BCUT2D eigenvalue weighted by Gasteiger charge is -2.17. The topological polar surface area (TPSA) is 110 Å². The number of carboxylic acids is 1. The fourth-order valence-electron chi connectivity index (χ4n) is 5.44. The highest BCUT2D eigenvalue weighted by Gasteiger charge is 2.47. The number of nitrogens with zero attached hydrogens (tertiary/aromatic N) is 1. The Balaban J connectivity index is 1.83. The molecule has 7 nitrogen and oxygen atoms in total. The van der Waals surface area contributed by atoms with Gasteiger partial charge in [-0.05, 0) is 42.0 Å². The molecule has 3 atom stereocenters. The molecule has 0 saturated heterocycles. The largest absolute Gasteiger partial charge is 0.481 e. The Morgan fingerprint density at radius 2 is 1.49 bits per heavy atom. The first-order valence-corrected chi connectivity index (χ1v) is 13.8. The fraction of sp³-hybridized carbons (Fsp3) is 0.303. The SMILES string of the molecule is CC(C)C1=[N+](CC[C@@H](O)C[C@@H](O)CC(=O)O)C(c2ccc(F)cc2)=C(c2ccccc2)C1C(=O)Nc1ccccc1. The number of nitrogens with one attached hydrogen (secondary N) is 1. The average Bonchev–Trinajstić information content (AvgIpc) is 3.28. The van der Waals surface area contributed by atoms with Crippen LogP contribution in [0.25, 0.3) is 11.3 Å². The molecule has 0 fully saturated rings. The van der Waals surface area contributed by atoms with Crippen LogP contribution in [0.4, 0.5) is 10.1 Å². The Bertz CT molecular complexity index is 1420. The standard InChI is InChI=1S/C33H35FN2O5/c1-21(2)31-30(33(41)35-25-11-7-4-8-12-25)29(22-9-5-3-6-10-22)32(23-13-15-24(34)16-14-23)36(31)18-17-26(37)19-27(38)20-28(39)40/h3-16,21,26-27,30,37-38H,17-20H2,1-2H3,(H-,35,39,40,41)/p+1/t26-,27-,30?/m1/s1. The number of aliphatic hydroxyl groups excluding tert-OH is 2. The number of carbonyl (C=O) groups is 2. The van der Waals surface area contributed by atoms with Gasteiger partial charge < -0.3 is 20.6 Å². The first-order chi connectivity index (χ1) is 19.7. The monoisotopic (exact) mass is 559 g/mol. The van der Waals surface area contributed by atoms with Gasteiger partial charge in [0, 0.05) is 30.0 Å². The Labute approximate surface area is 239 Å². The third-order valence-electron chi connectivity index (χ3n) is 7.16. The summed E-state index contributed by atoms with van der Waals surface area (Å²) >= 11 is 0. The summed E-state index contributed by atoms with van der Waals surface area (Å²) < 4.78 is 16.0. The zero-order chi connectivity index (χ0) is 29.5. The predicted octanol–water partition coefficient (Wildman–Crippen LogP) is 5.05. The first-order valence-electron chi connectivity index (χ1n) is 13.8. The van der Waals surface area contributed by atoms with Crippen molar-refractivity contribution in [2.45, 2.75) is 45.3 Å². The summed E-state index contributed by atoms with van der Waals surface area (Å²) in [5.41, 5.74) is 4.57. The van der Waals surface area contributed by atoms with Crippen molar-refractivity contribution < 1.29 is 33.9 Å². The number of hydrogen-bond donors (Lipinski definition) is 4. The average molecular weight is 560 g/mol. The predicted molar refractivity (Wildman–Crippen MR) is 157 cm³/mol. The highest BCUT2D eigenvalue weighted by Crippen LogP contribution is 2.42. The summed E-state index contributed by atoms with van der Waals surface area (Å²) in [6.45, 7) is 4.31. The molecule has 1 heterocycles. The van der Waals surface area contributed by atoms with Crippen LogP contribution in [0.3, 0.4) is 0 Å². The molecule has 0 aliphatic carbocycles. The summed E-state index contributed by atoms with van der Waals surface area (Å²) in [7, 11) is 0. The fourth-order valence-corrected chi connectivity index (χ4v) is 5.44. The normalized spacial score (nSPS) is 16.7. The second-order valence-electron chi connectivity index (χ2n) is 10.6. The van der Waals surface area contributed by atoms with Crippen LogP contribution >= 0.6 is 0 Å². The van der Waals surface area contributed by atoms with E-state index in [1.807, 2.05) is 79.1 Å². The molecular weight excluding hydrogens is 523 g/mol. The third-order valence-corrected chi connectivity index (χ3v) is 7.16. The van der Waals surface area contributed by atoms with Crippen molar-refractivity contribution in [3.05, 3.63) is 102 Å². The molecular formula is C33H36FN2O5+. The molecule has 0 spiro atoms. The summed E-state index contributed by atoms with van der Waals surface area (Å²) in [4.78, 5) is 25.1. The van der Waals surface area contributed by atoms with Crippen LogP contribution in [-0.2, 0) is 9.59 Å². The van der Waals surface area contributed by atoms with Crippen molar-refractivity contribution in [2.75, 3.05) is 11.9 Å². The highest BCUT2D eigenvalue weighted by molar-refractivity contribution is 6.22. The number of hydrogen-bond acceptors (Lipinski definition) is 4. The van der Waals surface area contributed by atoms with Crippen molar-refractivity contribution in [2.24, 2.45) is 11.8 Å². The molecule has 4 rings (SSSR count). The van der Waals surface area contributed by atoms with E-state index >= 15 is 0 Å². The zero-order valence-electron chi connectivity index (χ0n) is 23.2. The van der Waals surface area contributed by atoms with Crippen molar-refractivity contribution >= 4 is 34.5 Å². The molecule has 214 valence electrons. The van der Waals surface area contributed by atoms with Gasteiger partial charge in [0.15, 0.2) is 18.2 Å². The Morgan fingerprint density at radius 1 is 0.878 bits per heavy atom. The van der Waals surface area contributed by atoms with Crippen molar-refractivity contribution in [1.29, 1.82) is 0 Å². The van der Waals surface area contributed by atoms with Crippen LogP contribution < -0.4 is 5.32 Å². The maximum Gasteiger partial charge on any atom is 0.305 e. The Morgan fingerprint density at radius 3 is 2.07 bits per heavy atom. The minimum atomic E-state index is -1.17. The van der Waals surface area contributed by atoms with E-state index in [0.29, 0.717) is 12.2 Å². The lowest BCUT2D eigenvalue weighted by atomic mass is 9.84. The van der Waals surface area contributed by atoms with E-state index in [1.165, 1.54) is 12.1 Å². The number of aliphatic hydroxyl groups is 2. The number of para-hydroxylation sites is 1. The third kappa shape index (κ3) is 7.34. The van der Waals surface area contributed by atoms with Crippen molar-refractivity contribution in [3.8, 4) is 0 Å². The molecule has 3 aromatic rings. The Hall–Kier alpha value is -4.14. The Kier molecular flexibility index (Phi) is 9.81. The number of rotatable bonds is 12. The zero-order valence-corrected chi connectivity index (χ0v) is 23.2. The number of benzene rings is 3. The summed E-state index contributed by atoms with van der Waals surface area (Å²) in [6.07, 6.45) is -2.47. The smallest absolute Gasteiger partial charge is 0.305 e. The quantitative estimate of drug-likeness (QED) is 0.232. The van der Waals surface area contributed by atoms with Gasteiger partial charge in [-0.25, -0.2) is 4.39 Å².